The van der Waals surface area contributed by atoms with E-state index in [4.69, 9.17) is 11.6 Å². The molecule has 0 aromatic carbocycles. The summed E-state index contributed by atoms with van der Waals surface area (Å²) in [4.78, 5) is 64.3. The molecule has 0 saturated heterocycles. The fraction of sp³-hybridized carbons (Fsp3) is 0.545. The number of carbonyl (C=O) groups excluding carboxylic acids is 3. The number of rotatable bonds is 7. The van der Waals surface area contributed by atoms with Gasteiger partial charge in [0.25, 0.3) is 17.7 Å². The first kappa shape index (κ1) is 41.6. The van der Waals surface area contributed by atoms with Gasteiger partial charge in [-0.1, -0.05) is 11.6 Å². The smallest absolute Gasteiger partial charge is 0.275 e. The summed E-state index contributed by atoms with van der Waals surface area (Å²) in [6.07, 6.45) is 13.9. The van der Waals surface area contributed by atoms with Gasteiger partial charge >= 0.3 is 0 Å². The van der Waals surface area contributed by atoms with Crippen LogP contribution in [0.4, 0.5) is 11.6 Å². The van der Waals surface area contributed by atoms with E-state index in [-0.39, 0.29) is 52.9 Å². The van der Waals surface area contributed by atoms with Gasteiger partial charge in [0.15, 0.2) is 33.9 Å². The van der Waals surface area contributed by atoms with Crippen LogP contribution in [0.5, 0.6) is 0 Å². The average Bonchev–Trinajstić information content (AvgIpc) is 3.11. The maximum absolute atomic E-state index is 12.2. The Hall–Kier alpha value is -3.81. The summed E-state index contributed by atoms with van der Waals surface area (Å²) in [5.74, 6) is 0.502. The van der Waals surface area contributed by atoms with Gasteiger partial charge in [-0.05, 0) is 74.0 Å². The van der Waals surface area contributed by atoms with Crippen LogP contribution in [-0.2, 0) is 0 Å². The molecule has 278 valence electrons. The molecular weight excluding hydrogens is 793 g/mol. The number of hydrogen-bond donors (Lipinski definition) is 4. The number of halogens is 2. The molecule has 0 spiro atoms. The molecule has 3 amide bonds. The second-order valence-corrected chi connectivity index (χ2v) is 14.2. The second-order valence-electron chi connectivity index (χ2n) is 12.7. The lowest BCUT2D eigenvalue weighted by Crippen LogP contribution is -2.31. The van der Waals surface area contributed by atoms with E-state index in [1.165, 1.54) is 33.3 Å². The van der Waals surface area contributed by atoms with Gasteiger partial charge in [0.2, 0.25) is 0 Å². The van der Waals surface area contributed by atoms with E-state index in [1.807, 2.05) is 22.6 Å². The zero-order chi connectivity index (χ0) is 37.7. The molecule has 0 atom stereocenters. The highest BCUT2D eigenvalue weighted by atomic mass is 127. The minimum absolute atomic E-state index is 0.135. The van der Waals surface area contributed by atoms with Crippen molar-refractivity contribution < 1.29 is 24.6 Å². The highest BCUT2D eigenvalue weighted by molar-refractivity contribution is 14.1. The minimum Gasteiger partial charge on any atom is -0.393 e. The third kappa shape index (κ3) is 13.0. The van der Waals surface area contributed by atoms with Gasteiger partial charge in [-0.3, -0.25) is 14.4 Å². The van der Waals surface area contributed by atoms with Crippen molar-refractivity contribution in [2.45, 2.75) is 75.7 Å². The predicted molar refractivity (Wildman–Crippen MR) is 202 cm³/mol. The summed E-state index contributed by atoms with van der Waals surface area (Å²) in [6.45, 7) is 0. The van der Waals surface area contributed by atoms with E-state index in [0.29, 0.717) is 26.7 Å². The van der Waals surface area contributed by atoms with Gasteiger partial charge in [-0.25, -0.2) is 29.9 Å². The Morgan fingerprint density at radius 2 is 1.02 bits per heavy atom. The lowest BCUT2D eigenvalue weighted by atomic mass is 9.93. The minimum atomic E-state index is -0.242. The fourth-order valence-electron chi connectivity index (χ4n) is 5.15. The summed E-state index contributed by atoms with van der Waals surface area (Å²) in [6, 6.07) is 0.482. The standard InChI is InChI=1S/C13H19IN4O2.C13H20N4O2.C7H8ClN3O/c1-18(2)13(20)11-12(15-7-10(14)17-11)16-8-3-5-9(19)6-4-8;1-17(2)13(19)11-12(15-8-7-14-11)16-9-3-5-10(18)6-4-9;1-11(2)7(12)5-6(8)10-4-3-9-5/h7-9,19H,3-6H2,1-2H3,(H,15,16);7-10,18H,3-6H2,1-2H3,(H,15,16);3-4H,1-2H3. The number of hydrogen-bond acceptors (Lipinski definition) is 13. The highest BCUT2D eigenvalue weighted by Gasteiger charge is 2.24. The van der Waals surface area contributed by atoms with E-state index >= 15 is 0 Å². The van der Waals surface area contributed by atoms with Crippen molar-refractivity contribution in [2.24, 2.45) is 0 Å². The van der Waals surface area contributed by atoms with Crippen LogP contribution in [-0.4, -0.2) is 139 Å². The molecule has 18 heteroatoms. The predicted octanol–water partition coefficient (Wildman–Crippen LogP) is 3.22. The maximum atomic E-state index is 12.2. The van der Waals surface area contributed by atoms with Crippen LogP contribution in [0.1, 0.15) is 82.8 Å². The van der Waals surface area contributed by atoms with Crippen molar-refractivity contribution in [1.29, 1.82) is 0 Å². The highest BCUT2D eigenvalue weighted by Crippen LogP contribution is 2.24. The van der Waals surface area contributed by atoms with E-state index in [1.54, 1.807) is 54.7 Å². The summed E-state index contributed by atoms with van der Waals surface area (Å²) >= 11 is 7.69. The number of amides is 3. The van der Waals surface area contributed by atoms with Crippen molar-refractivity contribution in [1.82, 2.24) is 44.6 Å². The first-order chi connectivity index (χ1) is 24.2. The third-order valence-electron chi connectivity index (χ3n) is 8.00. The molecule has 5 rings (SSSR count). The van der Waals surface area contributed by atoms with Crippen LogP contribution in [0, 0.1) is 3.70 Å². The van der Waals surface area contributed by atoms with Crippen LogP contribution >= 0.6 is 34.2 Å². The molecule has 0 bridgehead atoms. The Kier molecular flexibility index (Phi) is 16.6. The largest absolute Gasteiger partial charge is 0.393 e. The Balaban J connectivity index is 0.000000213. The number of aliphatic hydroxyl groups excluding tert-OH is 2. The topological polar surface area (TPSA) is 203 Å². The quantitative estimate of drug-likeness (QED) is 0.253. The molecule has 16 nitrogen and oxygen atoms in total. The zero-order valence-corrected chi connectivity index (χ0v) is 32.7. The van der Waals surface area contributed by atoms with Crippen molar-refractivity contribution in [3.63, 3.8) is 0 Å². The molecule has 0 radical (unpaired) electrons. The Morgan fingerprint density at radius 1 is 0.627 bits per heavy atom. The molecule has 2 aliphatic carbocycles. The summed E-state index contributed by atoms with van der Waals surface area (Å²) < 4.78 is 0.692. The van der Waals surface area contributed by atoms with Gasteiger partial charge in [-0.15, -0.1) is 0 Å². The molecule has 0 aliphatic heterocycles. The van der Waals surface area contributed by atoms with Crippen molar-refractivity contribution in [3.05, 3.63) is 56.9 Å². The molecule has 2 fully saturated rings. The molecule has 4 N–H and O–H groups in total. The molecule has 3 aromatic heterocycles. The zero-order valence-electron chi connectivity index (χ0n) is 29.8. The molecule has 2 saturated carbocycles. The Morgan fingerprint density at radius 3 is 1.49 bits per heavy atom. The Bertz CT molecular complexity index is 1600. The van der Waals surface area contributed by atoms with Crippen LogP contribution in [0.15, 0.2) is 31.0 Å². The molecule has 2 aliphatic rings. The number of aliphatic hydroxyl groups is 2. The summed E-state index contributed by atoms with van der Waals surface area (Å²) in [5.41, 5.74) is 0.885. The maximum Gasteiger partial charge on any atom is 0.275 e. The Labute approximate surface area is 317 Å². The van der Waals surface area contributed by atoms with Gasteiger partial charge in [-0.2, -0.15) is 0 Å². The lowest BCUT2D eigenvalue weighted by molar-refractivity contribution is 0.0814. The number of anilines is 2. The second kappa shape index (κ2) is 20.3. The van der Waals surface area contributed by atoms with E-state index < -0.39 is 0 Å². The third-order valence-corrected chi connectivity index (χ3v) is 8.79. The van der Waals surface area contributed by atoms with Crippen molar-refractivity contribution in [3.8, 4) is 0 Å². The van der Waals surface area contributed by atoms with Crippen LogP contribution in [0.2, 0.25) is 5.15 Å². The van der Waals surface area contributed by atoms with Crippen LogP contribution in [0.25, 0.3) is 0 Å². The van der Waals surface area contributed by atoms with E-state index in [2.05, 4.69) is 40.5 Å². The molecule has 0 unspecified atom stereocenters. The van der Waals surface area contributed by atoms with Gasteiger partial charge in [0.1, 0.15) is 3.70 Å². The number of nitrogens with one attached hydrogen (secondary N) is 2. The average molecular weight is 840 g/mol. The SMILES string of the molecule is CN(C)C(=O)c1nc(I)cnc1NC1CCC(O)CC1.CN(C)C(=O)c1nccnc1Cl.CN(C)C(=O)c1nccnc1NC1CCC(O)CC1. The normalized spacial score (nSPS) is 19.6. The van der Waals surface area contributed by atoms with Crippen molar-refractivity contribution in [2.75, 3.05) is 52.9 Å². The molecule has 3 heterocycles. The number of aromatic nitrogens is 6. The van der Waals surface area contributed by atoms with Gasteiger partial charge in [0.05, 0.1) is 18.4 Å². The van der Waals surface area contributed by atoms with E-state index in [0.717, 1.165) is 51.4 Å². The van der Waals surface area contributed by atoms with Gasteiger partial charge < -0.3 is 35.5 Å². The number of nitrogens with zero attached hydrogens (tertiary/aromatic N) is 9. The number of carbonyl (C=O) groups is 3. The molecule has 51 heavy (non-hydrogen) atoms. The first-order valence-electron chi connectivity index (χ1n) is 16.5. The molecular formula is C33H47ClIN11O5. The van der Waals surface area contributed by atoms with Crippen molar-refractivity contribution >= 4 is 63.5 Å². The monoisotopic (exact) mass is 839 g/mol. The summed E-state index contributed by atoms with van der Waals surface area (Å²) in [5, 5.41) is 25.7. The van der Waals surface area contributed by atoms with Gasteiger partial charge in [0, 0.05) is 79.2 Å². The van der Waals surface area contributed by atoms with Crippen LogP contribution < -0.4 is 10.6 Å². The van der Waals surface area contributed by atoms with Crippen LogP contribution in [0.3, 0.4) is 0 Å². The molecule has 3 aromatic rings. The lowest BCUT2D eigenvalue weighted by Gasteiger charge is -2.27. The summed E-state index contributed by atoms with van der Waals surface area (Å²) in [7, 11) is 10.0. The fourth-order valence-corrected chi connectivity index (χ4v) is 5.72. The first-order valence-corrected chi connectivity index (χ1v) is 18.0. The van der Waals surface area contributed by atoms with E-state index in [9.17, 15) is 24.6 Å².